The van der Waals surface area contributed by atoms with Crippen LogP contribution in [0.5, 0.6) is 0 Å². The molecule has 0 aliphatic heterocycles. The van der Waals surface area contributed by atoms with Crippen molar-refractivity contribution in [1.82, 2.24) is 0 Å². The standard InChI is InChI=1S/C8H9NO4S/c1-5-2-3-6(14(9,12)13)4-7(5)8(10)11/h2-4H,1H3,(H,10,11)(H2,9,12,13)/p-1. The van der Waals surface area contributed by atoms with Gasteiger partial charge in [0.05, 0.1) is 10.9 Å². The van der Waals surface area contributed by atoms with Gasteiger partial charge in [-0.3, -0.25) is 0 Å². The number of carboxylic acid groups (broad SMARTS) is 1. The lowest BCUT2D eigenvalue weighted by Gasteiger charge is -2.07. The zero-order valence-electron chi connectivity index (χ0n) is 7.35. The number of hydrogen-bond acceptors (Lipinski definition) is 4. The van der Waals surface area contributed by atoms with Crippen LogP contribution in [0.4, 0.5) is 0 Å². The Labute approximate surface area is 81.2 Å². The van der Waals surface area contributed by atoms with Gasteiger partial charge in [-0.2, -0.15) is 0 Å². The Hall–Kier alpha value is -1.40. The van der Waals surface area contributed by atoms with Crippen molar-refractivity contribution in [2.24, 2.45) is 5.14 Å². The van der Waals surface area contributed by atoms with Gasteiger partial charge in [0.1, 0.15) is 0 Å². The summed E-state index contributed by atoms with van der Waals surface area (Å²) in [4.78, 5) is 10.3. The first-order chi connectivity index (χ1) is 6.32. The highest BCUT2D eigenvalue weighted by atomic mass is 32.2. The van der Waals surface area contributed by atoms with E-state index in [-0.39, 0.29) is 10.5 Å². The summed E-state index contributed by atoms with van der Waals surface area (Å²) >= 11 is 0. The van der Waals surface area contributed by atoms with E-state index in [2.05, 4.69) is 0 Å². The second-order valence-corrected chi connectivity index (χ2v) is 4.37. The third-order valence-electron chi connectivity index (χ3n) is 1.76. The lowest BCUT2D eigenvalue weighted by molar-refractivity contribution is -0.255. The number of aryl methyl sites for hydroxylation is 1. The van der Waals surface area contributed by atoms with E-state index < -0.39 is 16.0 Å². The predicted molar refractivity (Wildman–Crippen MR) is 46.9 cm³/mol. The highest BCUT2D eigenvalue weighted by Crippen LogP contribution is 2.13. The number of sulfonamides is 1. The number of nitrogens with two attached hydrogens (primary N) is 1. The molecule has 6 heteroatoms. The highest BCUT2D eigenvalue weighted by molar-refractivity contribution is 7.89. The number of rotatable bonds is 2. The first-order valence-corrected chi connectivity index (χ1v) is 5.22. The van der Waals surface area contributed by atoms with Crippen LogP contribution in [0.1, 0.15) is 15.9 Å². The molecule has 0 spiro atoms. The molecule has 0 saturated carbocycles. The summed E-state index contributed by atoms with van der Waals surface area (Å²) in [6.45, 7) is 1.54. The van der Waals surface area contributed by atoms with E-state index in [4.69, 9.17) is 5.14 Å². The lowest BCUT2D eigenvalue weighted by Crippen LogP contribution is -2.24. The molecule has 1 aromatic carbocycles. The molecule has 0 heterocycles. The third-order valence-corrected chi connectivity index (χ3v) is 2.67. The summed E-state index contributed by atoms with van der Waals surface area (Å²) in [7, 11) is -3.87. The van der Waals surface area contributed by atoms with Gasteiger partial charge in [-0.1, -0.05) is 6.07 Å². The zero-order chi connectivity index (χ0) is 10.9. The fraction of sp³-hybridized carbons (Fsp3) is 0.125. The van der Waals surface area contributed by atoms with Crippen molar-refractivity contribution in [1.29, 1.82) is 0 Å². The molecular formula is C8H8NO4S-. The summed E-state index contributed by atoms with van der Waals surface area (Å²) in [5.41, 5.74) is 0.258. The average molecular weight is 214 g/mol. The van der Waals surface area contributed by atoms with Gasteiger partial charge in [-0.25, -0.2) is 13.6 Å². The molecule has 0 bridgehead atoms. The fourth-order valence-electron chi connectivity index (χ4n) is 0.998. The topological polar surface area (TPSA) is 100 Å². The second kappa shape index (κ2) is 3.39. The van der Waals surface area contributed by atoms with Gasteiger partial charge in [-0.15, -0.1) is 0 Å². The Balaban J connectivity index is 3.42. The zero-order valence-corrected chi connectivity index (χ0v) is 8.17. The van der Waals surface area contributed by atoms with Crippen LogP contribution in [-0.2, 0) is 10.0 Å². The second-order valence-electron chi connectivity index (χ2n) is 2.81. The number of primary sulfonamides is 1. The summed E-state index contributed by atoms with van der Waals surface area (Å²) in [5.74, 6) is -1.42. The monoisotopic (exact) mass is 214 g/mol. The van der Waals surface area contributed by atoms with Crippen molar-refractivity contribution < 1.29 is 18.3 Å². The minimum Gasteiger partial charge on any atom is -0.545 e. The molecule has 0 unspecified atom stereocenters. The van der Waals surface area contributed by atoms with E-state index in [0.29, 0.717) is 5.56 Å². The van der Waals surface area contributed by atoms with Gasteiger partial charge >= 0.3 is 0 Å². The molecule has 0 amide bonds. The Morgan fingerprint density at radius 1 is 1.43 bits per heavy atom. The van der Waals surface area contributed by atoms with Crippen LogP contribution < -0.4 is 10.2 Å². The summed E-state index contributed by atoms with van der Waals surface area (Å²) in [5, 5.41) is 15.4. The molecular weight excluding hydrogens is 206 g/mol. The number of carbonyl (C=O) groups excluding carboxylic acids is 1. The molecule has 14 heavy (non-hydrogen) atoms. The van der Waals surface area contributed by atoms with Crippen molar-refractivity contribution in [3.8, 4) is 0 Å². The normalized spacial score (nSPS) is 11.3. The molecule has 0 saturated heterocycles. The summed E-state index contributed by atoms with van der Waals surface area (Å²) in [6, 6.07) is 3.60. The quantitative estimate of drug-likeness (QED) is 0.682. The summed E-state index contributed by atoms with van der Waals surface area (Å²) in [6.07, 6.45) is 0. The molecule has 76 valence electrons. The Kier molecular flexibility index (Phi) is 2.59. The fourth-order valence-corrected chi connectivity index (χ4v) is 1.54. The largest absolute Gasteiger partial charge is 0.545 e. The maximum absolute atomic E-state index is 10.9. The van der Waals surface area contributed by atoms with Crippen LogP contribution >= 0.6 is 0 Å². The van der Waals surface area contributed by atoms with E-state index in [0.717, 1.165) is 6.07 Å². The van der Waals surface area contributed by atoms with Crippen LogP contribution in [0.2, 0.25) is 0 Å². The lowest BCUT2D eigenvalue weighted by atomic mass is 10.1. The van der Waals surface area contributed by atoms with Gasteiger partial charge in [0.25, 0.3) is 0 Å². The van der Waals surface area contributed by atoms with Gasteiger partial charge in [-0.05, 0) is 24.6 Å². The highest BCUT2D eigenvalue weighted by Gasteiger charge is 2.09. The Morgan fingerprint density at radius 2 is 2.00 bits per heavy atom. The molecule has 5 nitrogen and oxygen atoms in total. The van der Waals surface area contributed by atoms with Crippen molar-refractivity contribution in [3.05, 3.63) is 29.3 Å². The van der Waals surface area contributed by atoms with Crippen LogP contribution in [-0.4, -0.2) is 14.4 Å². The number of carbonyl (C=O) groups is 1. The first kappa shape index (κ1) is 10.7. The van der Waals surface area contributed by atoms with Crippen molar-refractivity contribution >= 4 is 16.0 Å². The number of benzene rings is 1. The predicted octanol–water partition coefficient (Wildman–Crippen LogP) is -0.994. The molecule has 0 radical (unpaired) electrons. The van der Waals surface area contributed by atoms with Gasteiger partial charge in [0.2, 0.25) is 10.0 Å². The van der Waals surface area contributed by atoms with Crippen LogP contribution in [0.3, 0.4) is 0 Å². The van der Waals surface area contributed by atoms with Crippen molar-refractivity contribution in [2.75, 3.05) is 0 Å². The van der Waals surface area contributed by atoms with Gasteiger partial charge in [0.15, 0.2) is 0 Å². The molecule has 0 fully saturated rings. The van der Waals surface area contributed by atoms with E-state index >= 15 is 0 Å². The number of aromatic carboxylic acids is 1. The van der Waals surface area contributed by atoms with Crippen LogP contribution in [0.25, 0.3) is 0 Å². The molecule has 0 aliphatic carbocycles. The van der Waals surface area contributed by atoms with E-state index in [1.807, 2.05) is 0 Å². The molecule has 1 aromatic rings. The van der Waals surface area contributed by atoms with E-state index in [9.17, 15) is 18.3 Å². The van der Waals surface area contributed by atoms with E-state index in [1.165, 1.54) is 19.1 Å². The minimum absolute atomic E-state index is 0.170. The average Bonchev–Trinajstić information content (AvgIpc) is 2.02. The van der Waals surface area contributed by atoms with E-state index in [1.54, 1.807) is 0 Å². The Morgan fingerprint density at radius 3 is 2.43 bits per heavy atom. The number of hydrogen-bond donors (Lipinski definition) is 1. The third kappa shape index (κ3) is 2.09. The molecule has 0 atom stereocenters. The smallest absolute Gasteiger partial charge is 0.238 e. The summed E-state index contributed by atoms with van der Waals surface area (Å²) < 4.78 is 21.8. The van der Waals surface area contributed by atoms with Crippen molar-refractivity contribution in [3.63, 3.8) is 0 Å². The molecule has 0 aromatic heterocycles. The minimum atomic E-state index is -3.87. The van der Waals surface area contributed by atoms with Crippen molar-refractivity contribution in [2.45, 2.75) is 11.8 Å². The van der Waals surface area contributed by atoms with Gasteiger partial charge < -0.3 is 9.90 Å². The van der Waals surface area contributed by atoms with Crippen LogP contribution in [0, 0.1) is 6.92 Å². The molecule has 0 aliphatic rings. The molecule has 1 rings (SSSR count). The number of carboxylic acids is 1. The van der Waals surface area contributed by atoms with Gasteiger partial charge in [0, 0.05) is 5.56 Å². The maximum Gasteiger partial charge on any atom is 0.238 e. The SMILES string of the molecule is Cc1ccc(S(N)(=O)=O)cc1C(=O)[O-]. The first-order valence-electron chi connectivity index (χ1n) is 3.67. The Bertz CT molecular complexity index is 478. The molecule has 2 N–H and O–H groups in total. The van der Waals surface area contributed by atoms with Crippen LogP contribution in [0.15, 0.2) is 23.1 Å². The maximum atomic E-state index is 10.9.